The Balaban J connectivity index is 0.000000604. The lowest BCUT2D eigenvalue weighted by atomic mass is 10.1. The van der Waals surface area contributed by atoms with Gasteiger partial charge in [0.15, 0.2) is 5.82 Å². The van der Waals surface area contributed by atoms with Gasteiger partial charge >= 0.3 is 6.09 Å². The van der Waals surface area contributed by atoms with E-state index in [9.17, 15) is 4.79 Å². The van der Waals surface area contributed by atoms with Gasteiger partial charge in [0.2, 0.25) is 0 Å². The number of carbonyl (C=O) groups is 1. The molecule has 3 heterocycles. The minimum atomic E-state index is -0.300. The smallest absolute Gasteiger partial charge is 0.414 e. The maximum Gasteiger partial charge on any atom is 0.414 e. The highest BCUT2D eigenvalue weighted by Crippen LogP contribution is 2.27. The maximum absolute atomic E-state index is 11.7. The molecule has 28 heavy (non-hydrogen) atoms. The number of nitrogens with zero attached hydrogens (tertiary/aromatic N) is 4. The van der Waals surface area contributed by atoms with Gasteiger partial charge in [0, 0.05) is 16.6 Å². The molecule has 6 heteroatoms. The molecule has 4 aromatic rings. The molecule has 2 aromatic heterocycles. The molecule has 0 unspecified atom stereocenters. The number of benzene rings is 2. The Morgan fingerprint density at radius 1 is 1.04 bits per heavy atom. The number of rotatable bonds is 2. The Morgan fingerprint density at radius 3 is 2.50 bits per heavy atom. The Kier molecular flexibility index (Phi) is 4.93. The lowest BCUT2D eigenvalue weighted by Crippen LogP contribution is -2.23. The minimum absolute atomic E-state index is 0.300. The average Bonchev–Trinajstić information content (AvgIpc) is 3.37. The molecule has 0 bridgehead atoms. The van der Waals surface area contributed by atoms with E-state index in [1.165, 1.54) is 6.42 Å². The topological polar surface area (TPSA) is 59.7 Å². The summed E-state index contributed by atoms with van der Waals surface area (Å²) in [5.41, 5.74) is 3.71. The molecule has 1 amide bonds. The number of para-hydroxylation sites is 1. The van der Waals surface area contributed by atoms with Crippen molar-refractivity contribution >= 4 is 28.2 Å². The van der Waals surface area contributed by atoms with Crippen molar-refractivity contribution in [3.63, 3.8) is 0 Å². The van der Waals surface area contributed by atoms with Crippen LogP contribution >= 0.6 is 0 Å². The van der Waals surface area contributed by atoms with E-state index >= 15 is 0 Å². The third-order valence-electron chi connectivity index (χ3n) is 4.45. The molecule has 1 saturated heterocycles. The van der Waals surface area contributed by atoms with Crippen molar-refractivity contribution in [3.8, 4) is 11.4 Å². The monoisotopic (exact) mass is 374 g/mol. The van der Waals surface area contributed by atoms with Crippen LogP contribution in [0.25, 0.3) is 27.8 Å². The number of carbonyl (C=O) groups excluding carboxylic acids is 1. The number of amides is 1. The van der Waals surface area contributed by atoms with Crippen molar-refractivity contribution in [1.82, 2.24) is 14.6 Å². The van der Waals surface area contributed by atoms with Crippen molar-refractivity contribution in [2.45, 2.75) is 20.3 Å². The summed E-state index contributed by atoms with van der Waals surface area (Å²) < 4.78 is 6.84. The lowest BCUT2D eigenvalue weighted by molar-refractivity contribution is 0.181. The third kappa shape index (κ3) is 3.17. The summed E-state index contributed by atoms with van der Waals surface area (Å²) in [6, 6.07) is 17.8. The van der Waals surface area contributed by atoms with E-state index in [4.69, 9.17) is 9.72 Å². The number of hydrogen-bond acceptors (Lipinski definition) is 4. The van der Waals surface area contributed by atoms with Crippen LogP contribution in [0.5, 0.6) is 0 Å². The molecule has 2 aromatic carbocycles. The first-order valence-electron chi connectivity index (χ1n) is 9.50. The van der Waals surface area contributed by atoms with E-state index in [1.807, 2.05) is 59.1 Å². The fourth-order valence-electron chi connectivity index (χ4n) is 3.23. The van der Waals surface area contributed by atoms with E-state index in [2.05, 4.69) is 18.9 Å². The van der Waals surface area contributed by atoms with Crippen LogP contribution in [0.15, 0.2) is 60.8 Å². The molecule has 0 N–H and O–H groups in total. The molecule has 0 saturated carbocycles. The van der Waals surface area contributed by atoms with Crippen molar-refractivity contribution in [3.05, 3.63) is 60.8 Å². The number of ether oxygens (including phenoxy) is 1. The van der Waals surface area contributed by atoms with Crippen LogP contribution in [0, 0.1) is 0 Å². The molecule has 142 valence electrons. The SMILES string of the molecule is CCC.O=C1OCCN1c1ccc(-c2nc3ccccc3c3ccnn23)cc1. The van der Waals surface area contributed by atoms with Gasteiger partial charge in [-0.15, -0.1) is 0 Å². The number of fused-ring (bicyclic) bond motifs is 3. The fraction of sp³-hybridized carbons (Fsp3) is 0.227. The summed E-state index contributed by atoms with van der Waals surface area (Å²) in [5.74, 6) is 0.772. The average molecular weight is 374 g/mol. The van der Waals surface area contributed by atoms with Crippen molar-refractivity contribution in [2.24, 2.45) is 0 Å². The molecule has 0 aliphatic carbocycles. The number of anilines is 1. The first kappa shape index (κ1) is 18.0. The van der Waals surface area contributed by atoms with Crippen LogP contribution in [0.3, 0.4) is 0 Å². The van der Waals surface area contributed by atoms with Gasteiger partial charge in [-0.1, -0.05) is 38.5 Å². The van der Waals surface area contributed by atoms with Gasteiger partial charge in [-0.3, -0.25) is 4.90 Å². The van der Waals surface area contributed by atoms with Crippen molar-refractivity contribution < 1.29 is 9.53 Å². The first-order chi connectivity index (χ1) is 13.7. The molecule has 0 atom stereocenters. The van der Waals surface area contributed by atoms with E-state index in [1.54, 1.807) is 11.1 Å². The van der Waals surface area contributed by atoms with Crippen molar-refractivity contribution in [2.75, 3.05) is 18.1 Å². The standard InChI is InChI=1S/C19H14N4O2.C3H8/c24-19-22(11-12-25-19)14-7-5-13(6-8-14)18-21-16-4-2-1-3-15(16)17-9-10-20-23(17)18;1-3-2/h1-10H,11-12H2;3H2,1-2H3. The molecule has 0 spiro atoms. The van der Waals surface area contributed by atoms with Gasteiger partial charge in [-0.25, -0.2) is 14.3 Å². The predicted octanol–water partition coefficient (Wildman–Crippen LogP) is 4.92. The second kappa shape index (κ2) is 7.68. The normalized spacial score (nSPS) is 13.5. The number of cyclic esters (lactones) is 1. The molecule has 5 rings (SSSR count). The largest absolute Gasteiger partial charge is 0.447 e. The third-order valence-corrected chi connectivity index (χ3v) is 4.45. The second-order valence-electron chi connectivity index (χ2n) is 6.60. The molecule has 1 fully saturated rings. The van der Waals surface area contributed by atoms with Gasteiger partial charge in [0.25, 0.3) is 0 Å². The first-order valence-corrected chi connectivity index (χ1v) is 9.50. The van der Waals surface area contributed by atoms with Crippen LogP contribution < -0.4 is 4.90 Å². The van der Waals surface area contributed by atoms with E-state index in [0.717, 1.165) is 33.5 Å². The fourth-order valence-corrected chi connectivity index (χ4v) is 3.23. The Morgan fingerprint density at radius 2 is 1.79 bits per heavy atom. The molecule has 6 nitrogen and oxygen atoms in total. The maximum atomic E-state index is 11.7. The second-order valence-corrected chi connectivity index (χ2v) is 6.60. The summed E-state index contributed by atoms with van der Waals surface area (Å²) >= 11 is 0. The van der Waals surface area contributed by atoms with Gasteiger partial charge in [-0.2, -0.15) is 5.10 Å². The Labute approximate surface area is 163 Å². The Bertz CT molecular complexity index is 1120. The van der Waals surface area contributed by atoms with Crippen LogP contribution in [0.4, 0.5) is 10.5 Å². The van der Waals surface area contributed by atoms with Crippen molar-refractivity contribution in [1.29, 1.82) is 0 Å². The molecule has 1 aliphatic rings. The van der Waals surface area contributed by atoms with E-state index < -0.39 is 0 Å². The summed E-state index contributed by atoms with van der Waals surface area (Å²) in [6.07, 6.45) is 2.73. The van der Waals surface area contributed by atoms with Crippen LogP contribution in [-0.4, -0.2) is 33.8 Å². The lowest BCUT2D eigenvalue weighted by Gasteiger charge is -2.13. The highest BCUT2D eigenvalue weighted by atomic mass is 16.6. The molecular formula is C22H22N4O2. The zero-order valence-corrected chi connectivity index (χ0v) is 16.0. The van der Waals surface area contributed by atoms with Crippen LogP contribution in [0.2, 0.25) is 0 Å². The molecular weight excluding hydrogens is 352 g/mol. The molecule has 0 radical (unpaired) electrons. The van der Waals surface area contributed by atoms with Crippen LogP contribution in [0.1, 0.15) is 20.3 Å². The minimum Gasteiger partial charge on any atom is -0.447 e. The predicted molar refractivity (Wildman–Crippen MR) is 111 cm³/mol. The van der Waals surface area contributed by atoms with E-state index in [0.29, 0.717) is 13.2 Å². The zero-order valence-electron chi connectivity index (χ0n) is 16.0. The highest BCUT2D eigenvalue weighted by Gasteiger charge is 2.23. The van der Waals surface area contributed by atoms with Crippen LogP contribution in [-0.2, 0) is 4.74 Å². The quantitative estimate of drug-likeness (QED) is 0.499. The van der Waals surface area contributed by atoms with Gasteiger partial charge in [-0.05, 0) is 36.4 Å². The van der Waals surface area contributed by atoms with Gasteiger partial charge in [0.05, 0.1) is 23.8 Å². The molecule has 1 aliphatic heterocycles. The van der Waals surface area contributed by atoms with Gasteiger partial charge in [0.1, 0.15) is 6.61 Å². The summed E-state index contributed by atoms with van der Waals surface area (Å²) in [5, 5.41) is 5.50. The summed E-state index contributed by atoms with van der Waals surface area (Å²) in [4.78, 5) is 18.1. The number of hydrogen-bond donors (Lipinski definition) is 0. The summed E-state index contributed by atoms with van der Waals surface area (Å²) in [6.45, 7) is 5.26. The Hall–Kier alpha value is -3.41. The zero-order chi connectivity index (χ0) is 19.5. The number of aromatic nitrogens is 3. The van der Waals surface area contributed by atoms with E-state index in [-0.39, 0.29) is 6.09 Å². The van der Waals surface area contributed by atoms with Gasteiger partial charge < -0.3 is 4.74 Å². The highest BCUT2D eigenvalue weighted by molar-refractivity contribution is 5.95. The summed E-state index contributed by atoms with van der Waals surface area (Å²) in [7, 11) is 0.